The molecule has 0 bridgehead atoms. The van der Waals surface area contributed by atoms with Crippen LogP contribution in [-0.4, -0.2) is 23.7 Å². The number of fused-ring (bicyclic) bond motifs is 1. The zero-order valence-electron chi connectivity index (χ0n) is 15.6. The molecule has 3 rings (SSSR count). The second kappa shape index (κ2) is 6.78. The Bertz CT molecular complexity index is 843. The van der Waals surface area contributed by atoms with Gasteiger partial charge in [-0.05, 0) is 61.6 Å². The van der Waals surface area contributed by atoms with Gasteiger partial charge in [-0.25, -0.2) is 0 Å². The molecule has 0 saturated heterocycles. The van der Waals surface area contributed by atoms with Crippen molar-refractivity contribution in [1.82, 2.24) is 0 Å². The van der Waals surface area contributed by atoms with E-state index in [2.05, 4.69) is 61.4 Å². The van der Waals surface area contributed by atoms with Gasteiger partial charge in [-0.2, -0.15) is 5.10 Å². The Kier molecular flexibility index (Phi) is 4.68. The van der Waals surface area contributed by atoms with Crippen molar-refractivity contribution in [2.45, 2.75) is 38.6 Å². The summed E-state index contributed by atoms with van der Waals surface area (Å²) in [5, 5.41) is 14.9. The van der Waals surface area contributed by atoms with Crippen molar-refractivity contribution >= 4 is 23.3 Å². The predicted molar refractivity (Wildman–Crippen MR) is 106 cm³/mol. The number of hydrogen-bond donors (Lipinski definition) is 1. The molecule has 2 aromatic rings. The number of anilines is 2. The van der Waals surface area contributed by atoms with Crippen molar-refractivity contribution in [3.8, 4) is 0 Å². The van der Waals surface area contributed by atoms with Crippen LogP contribution in [0.1, 0.15) is 44.2 Å². The summed E-state index contributed by atoms with van der Waals surface area (Å²) in [6, 6.07) is 12.6. The highest BCUT2D eigenvalue weighted by Crippen LogP contribution is 2.42. The number of nitro benzene ring substituents is 1. The number of nitrogens with zero attached hydrogens (tertiary/aromatic N) is 3. The van der Waals surface area contributed by atoms with Crippen molar-refractivity contribution in [3.05, 3.63) is 63.7 Å². The van der Waals surface area contributed by atoms with Gasteiger partial charge in [0.15, 0.2) is 0 Å². The number of hydrogen-bond acceptors (Lipinski definition) is 5. The minimum Gasteiger partial charge on any atom is -0.369 e. The number of rotatable bonds is 4. The van der Waals surface area contributed by atoms with E-state index in [1.807, 2.05) is 0 Å². The second-order valence-electron chi connectivity index (χ2n) is 7.47. The fourth-order valence-corrected chi connectivity index (χ4v) is 3.51. The summed E-state index contributed by atoms with van der Waals surface area (Å²) in [6.07, 6.45) is 2.88. The van der Waals surface area contributed by atoms with Crippen LogP contribution in [-0.2, 0) is 0 Å². The van der Waals surface area contributed by atoms with Gasteiger partial charge in [0.2, 0.25) is 0 Å². The first kappa shape index (κ1) is 17.9. The topological polar surface area (TPSA) is 70.8 Å². The number of nitro groups is 1. The first-order chi connectivity index (χ1) is 12.3. The van der Waals surface area contributed by atoms with Gasteiger partial charge < -0.3 is 4.90 Å². The maximum Gasteiger partial charge on any atom is 0.269 e. The molecule has 1 aliphatic rings. The van der Waals surface area contributed by atoms with Gasteiger partial charge >= 0.3 is 0 Å². The second-order valence-corrected chi connectivity index (χ2v) is 7.47. The predicted octanol–water partition coefficient (Wildman–Crippen LogP) is 4.76. The molecular formula is C20H24N4O2. The van der Waals surface area contributed by atoms with E-state index in [-0.39, 0.29) is 11.2 Å². The van der Waals surface area contributed by atoms with Gasteiger partial charge in [0.1, 0.15) is 0 Å². The average molecular weight is 352 g/mol. The van der Waals surface area contributed by atoms with Crippen LogP contribution in [0.4, 0.5) is 17.1 Å². The maximum atomic E-state index is 10.7. The zero-order chi connectivity index (χ0) is 18.9. The smallest absolute Gasteiger partial charge is 0.269 e. The normalized spacial score (nSPS) is 18.6. The highest BCUT2D eigenvalue weighted by molar-refractivity contribution is 5.82. The summed E-state index contributed by atoms with van der Waals surface area (Å²) < 4.78 is 0. The number of nitrogens with one attached hydrogen (secondary N) is 1. The van der Waals surface area contributed by atoms with Crippen LogP contribution in [0.5, 0.6) is 0 Å². The van der Waals surface area contributed by atoms with E-state index < -0.39 is 4.92 Å². The van der Waals surface area contributed by atoms with Crippen LogP contribution >= 0.6 is 0 Å². The Morgan fingerprint density at radius 3 is 2.62 bits per heavy atom. The summed E-state index contributed by atoms with van der Waals surface area (Å²) in [5.74, 6) is 0.493. The monoisotopic (exact) mass is 352 g/mol. The molecule has 0 fully saturated rings. The van der Waals surface area contributed by atoms with Crippen LogP contribution in [0.15, 0.2) is 47.6 Å². The van der Waals surface area contributed by atoms with Gasteiger partial charge in [-0.3, -0.25) is 15.5 Å². The summed E-state index contributed by atoms with van der Waals surface area (Å²) in [5.41, 5.74) is 7.47. The van der Waals surface area contributed by atoms with Crippen LogP contribution in [0.2, 0.25) is 0 Å². The molecule has 26 heavy (non-hydrogen) atoms. The van der Waals surface area contributed by atoms with Crippen LogP contribution in [0.25, 0.3) is 0 Å². The molecular weight excluding hydrogens is 328 g/mol. The van der Waals surface area contributed by atoms with Crippen molar-refractivity contribution in [3.63, 3.8) is 0 Å². The molecule has 1 N–H and O–H groups in total. The zero-order valence-corrected chi connectivity index (χ0v) is 15.6. The van der Waals surface area contributed by atoms with E-state index in [0.717, 1.165) is 12.0 Å². The Hall–Kier alpha value is -2.89. The third-order valence-electron chi connectivity index (χ3n) is 5.14. The highest BCUT2D eigenvalue weighted by atomic mass is 16.6. The van der Waals surface area contributed by atoms with Gasteiger partial charge in [0.05, 0.1) is 16.8 Å². The standard InChI is InChI=1S/C20H24N4O2/c1-14-12-20(2,3)23(4)19-10-5-15(11-18(14)19)13-21-22-16-6-8-17(9-7-16)24(25)26/h5-11,13-14,22H,12H2,1-4H3/b21-13-/t14-/m1/s1. The van der Waals surface area contributed by atoms with E-state index in [1.54, 1.807) is 18.3 Å². The Balaban J connectivity index is 1.74. The Morgan fingerprint density at radius 2 is 1.96 bits per heavy atom. The third-order valence-corrected chi connectivity index (χ3v) is 5.14. The first-order valence-electron chi connectivity index (χ1n) is 8.69. The van der Waals surface area contributed by atoms with Gasteiger partial charge in [-0.1, -0.05) is 13.0 Å². The van der Waals surface area contributed by atoms with Crippen molar-refractivity contribution in [2.75, 3.05) is 17.4 Å². The average Bonchev–Trinajstić information content (AvgIpc) is 2.60. The van der Waals surface area contributed by atoms with Crippen LogP contribution in [0.3, 0.4) is 0 Å². The lowest BCUT2D eigenvalue weighted by molar-refractivity contribution is -0.384. The third kappa shape index (κ3) is 3.54. The lowest BCUT2D eigenvalue weighted by Crippen LogP contribution is -2.45. The molecule has 0 amide bonds. The molecule has 1 heterocycles. The maximum absolute atomic E-state index is 10.7. The number of benzene rings is 2. The highest BCUT2D eigenvalue weighted by Gasteiger charge is 2.33. The minimum absolute atomic E-state index is 0.0650. The molecule has 6 nitrogen and oxygen atoms in total. The molecule has 0 spiro atoms. The summed E-state index contributed by atoms with van der Waals surface area (Å²) in [4.78, 5) is 12.6. The lowest BCUT2D eigenvalue weighted by Gasteiger charge is -2.45. The van der Waals surface area contributed by atoms with Gasteiger partial charge in [-0.15, -0.1) is 0 Å². The quantitative estimate of drug-likeness (QED) is 0.489. The fourth-order valence-electron chi connectivity index (χ4n) is 3.51. The molecule has 136 valence electrons. The van der Waals surface area contributed by atoms with Crippen molar-refractivity contribution in [2.24, 2.45) is 5.10 Å². The summed E-state index contributed by atoms with van der Waals surface area (Å²) >= 11 is 0. The Morgan fingerprint density at radius 1 is 1.27 bits per heavy atom. The SMILES string of the molecule is C[C@@H]1CC(C)(C)N(C)c2ccc(/C=N\Nc3ccc([N+](=O)[O-])cc3)cc21. The molecule has 0 unspecified atom stereocenters. The lowest BCUT2D eigenvalue weighted by atomic mass is 9.80. The van der Waals surface area contributed by atoms with Gasteiger partial charge in [0, 0.05) is 30.4 Å². The van der Waals surface area contributed by atoms with E-state index in [9.17, 15) is 10.1 Å². The first-order valence-corrected chi connectivity index (χ1v) is 8.69. The van der Waals surface area contributed by atoms with E-state index in [4.69, 9.17) is 0 Å². The molecule has 6 heteroatoms. The number of non-ortho nitro benzene ring substituents is 1. The molecule has 0 radical (unpaired) electrons. The molecule has 1 aliphatic heterocycles. The molecule has 0 saturated carbocycles. The fraction of sp³-hybridized carbons (Fsp3) is 0.350. The molecule has 0 aliphatic carbocycles. The minimum atomic E-state index is -0.417. The summed E-state index contributed by atoms with van der Waals surface area (Å²) in [7, 11) is 2.15. The summed E-state index contributed by atoms with van der Waals surface area (Å²) in [6.45, 7) is 6.81. The van der Waals surface area contributed by atoms with Crippen molar-refractivity contribution in [1.29, 1.82) is 0 Å². The van der Waals surface area contributed by atoms with Crippen LogP contribution < -0.4 is 10.3 Å². The largest absolute Gasteiger partial charge is 0.369 e. The van der Waals surface area contributed by atoms with E-state index >= 15 is 0 Å². The molecule has 2 aromatic carbocycles. The van der Waals surface area contributed by atoms with E-state index in [0.29, 0.717) is 11.6 Å². The number of hydrazone groups is 1. The Labute approximate surface area is 153 Å². The van der Waals surface area contributed by atoms with E-state index in [1.165, 1.54) is 23.4 Å². The molecule has 1 atom stereocenters. The molecule has 0 aromatic heterocycles. The van der Waals surface area contributed by atoms with Gasteiger partial charge in [0.25, 0.3) is 5.69 Å². The van der Waals surface area contributed by atoms with Crippen LogP contribution in [0, 0.1) is 10.1 Å². The van der Waals surface area contributed by atoms with Crippen molar-refractivity contribution < 1.29 is 4.92 Å².